The Hall–Kier alpha value is -3.33. The van der Waals surface area contributed by atoms with E-state index in [9.17, 15) is 4.79 Å². The van der Waals surface area contributed by atoms with E-state index >= 15 is 0 Å². The number of anilines is 1. The van der Waals surface area contributed by atoms with E-state index in [1.165, 1.54) is 6.92 Å². The van der Waals surface area contributed by atoms with Gasteiger partial charge in [0.05, 0.1) is 23.5 Å². The molecule has 5 rings (SSSR count). The van der Waals surface area contributed by atoms with Crippen molar-refractivity contribution in [3.05, 3.63) is 36.8 Å². The number of carbonyl (C=O) groups excluding carboxylic acids is 1. The minimum Gasteiger partial charge on any atom is -0.381 e. The molecule has 28 heavy (non-hydrogen) atoms. The summed E-state index contributed by atoms with van der Waals surface area (Å²) < 4.78 is 9.30. The van der Waals surface area contributed by atoms with E-state index < -0.39 is 0 Å². The molecule has 0 aliphatic carbocycles. The normalized spacial score (nSPS) is 15.3. The quantitative estimate of drug-likeness (QED) is 0.589. The van der Waals surface area contributed by atoms with Crippen LogP contribution in [0.1, 0.15) is 25.8 Å². The minimum absolute atomic E-state index is 0.159. The third-order valence-corrected chi connectivity index (χ3v) is 4.94. The Balaban J connectivity index is 1.68. The Labute approximate surface area is 160 Å². The predicted octanol–water partition coefficient (Wildman–Crippen LogP) is 2.45. The standard InChI is InChI=1S/C19H19N7O2/c1-12(27)22-19-23-15-11-20-17(14-10-21-25-7-3-2-4-16(14)25)24-18(15)26(19)13-5-8-28-9-6-13/h2-4,7,10-11,13H,5-6,8-9H2,1H3,(H,22,23,27). The van der Waals surface area contributed by atoms with Crippen LogP contribution in [0.4, 0.5) is 5.95 Å². The molecule has 0 aromatic carbocycles. The fraction of sp³-hybridized carbons (Fsp3) is 0.316. The largest absolute Gasteiger partial charge is 0.381 e. The lowest BCUT2D eigenvalue weighted by Crippen LogP contribution is -2.22. The molecule has 1 saturated heterocycles. The molecule has 0 saturated carbocycles. The van der Waals surface area contributed by atoms with Crippen molar-refractivity contribution in [2.75, 3.05) is 18.5 Å². The Morgan fingerprint density at radius 1 is 1.21 bits per heavy atom. The Morgan fingerprint density at radius 3 is 2.89 bits per heavy atom. The maximum Gasteiger partial charge on any atom is 0.223 e. The van der Waals surface area contributed by atoms with Crippen LogP contribution in [0, 0.1) is 0 Å². The van der Waals surface area contributed by atoms with Crippen LogP contribution in [0.3, 0.4) is 0 Å². The van der Waals surface area contributed by atoms with Crippen molar-refractivity contribution in [1.82, 2.24) is 29.1 Å². The van der Waals surface area contributed by atoms with Gasteiger partial charge in [0.2, 0.25) is 11.9 Å². The SMILES string of the molecule is CC(=O)Nc1nc2cnc(-c3cnn4ccccc34)nc2n1C1CCOCC1. The zero-order valence-electron chi connectivity index (χ0n) is 15.4. The second kappa shape index (κ2) is 6.68. The number of fused-ring (bicyclic) bond motifs is 2. The van der Waals surface area contributed by atoms with E-state index in [0.717, 1.165) is 23.9 Å². The summed E-state index contributed by atoms with van der Waals surface area (Å²) in [6, 6.07) is 6.02. The van der Waals surface area contributed by atoms with Crippen LogP contribution in [-0.2, 0) is 9.53 Å². The summed E-state index contributed by atoms with van der Waals surface area (Å²) in [5.41, 5.74) is 3.13. The van der Waals surface area contributed by atoms with Gasteiger partial charge < -0.3 is 4.74 Å². The Morgan fingerprint density at radius 2 is 2.07 bits per heavy atom. The zero-order chi connectivity index (χ0) is 19.1. The maximum atomic E-state index is 11.7. The fourth-order valence-electron chi connectivity index (χ4n) is 3.66. The van der Waals surface area contributed by atoms with Gasteiger partial charge in [-0.05, 0) is 25.0 Å². The summed E-state index contributed by atoms with van der Waals surface area (Å²) >= 11 is 0. The van der Waals surface area contributed by atoms with Crippen molar-refractivity contribution in [3.8, 4) is 11.4 Å². The highest BCUT2D eigenvalue weighted by Crippen LogP contribution is 2.31. The van der Waals surface area contributed by atoms with Crippen LogP contribution < -0.4 is 5.32 Å². The van der Waals surface area contributed by atoms with Crippen LogP contribution in [0.15, 0.2) is 36.8 Å². The third-order valence-electron chi connectivity index (χ3n) is 4.94. The first-order valence-electron chi connectivity index (χ1n) is 9.24. The summed E-state index contributed by atoms with van der Waals surface area (Å²) in [5, 5.41) is 7.20. The van der Waals surface area contributed by atoms with Gasteiger partial charge in [-0.15, -0.1) is 0 Å². The topological polar surface area (TPSA) is 99.2 Å². The molecule has 142 valence electrons. The van der Waals surface area contributed by atoms with E-state index in [4.69, 9.17) is 9.72 Å². The van der Waals surface area contributed by atoms with Gasteiger partial charge in [-0.25, -0.2) is 19.5 Å². The molecule has 1 fully saturated rings. The van der Waals surface area contributed by atoms with E-state index in [-0.39, 0.29) is 11.9 Å². The minimum atomic E-state index is -0.167. The lowest BCUT2D eigenvalue weighted by molar-refractivity contribution is -0.114. The molecule has 9 nitrogen and oxygen atoms in total. The number of pyridine rings is 1. The Kier molecular flexibility index (Phi) is 4.01. The number of hydrogen-bond donors (Lipinski definition) is 1. The highest BCUT2D eigenvalue weighted by atomic mass is 16.5. The highest BCUT2D eigenvalue weighted by Gasteiger charge is 2.24. The lowest BCUT2D eigenvalue weighted by atomic mass is 10.1. The molecule has 1 N–H and O–H groups in total. The molecule has 4 aromatic rings. The molecule has 1 aliphatic rings. The second-order valence-electron chi connectivity index (χ2n) is 6.82. The number of amides is 1. The lowest BCUT2D eigenvalue weighted by Gasteiger charge is -2.25. The average Bonchev–Trinajstić information content (AvgIpc) is 3.28. The molecule has 9 heteroatoms. The maximum absolute atomic E-state index is 11.7. The van der Waals surface area contributed by atoms with Gasteiger partial charge in [0.25, 0.3) is 0 Å². The summed E-state index contributed by atoms with van der Waals surface area (Å²) in [7, 11) is 0. The molecule has 0 atom stereocenters. The zero-order valence-corrected chi connectivity index (χ0v) is 15.4. The summed E-state index contributed by atoms with van der Waals surface area (Å²) in [6.45, 7) is 2.83. The number of rotatable bonds is 3. The van der Waals surface area contributed by atoms with Crippen LogP contribution in [0.25, 0.3) is 28.1 Å². The molecular weight excluding hydrogens is 358 g/mol. The fourth-order valence-corrected chi connectivity index (χ4v) is 3.66. The molecule has 0 radical (unpaired) electrons. The summed E-state index contributed by atoms with van der Waals surface area (Å²) in [4.78, 5) is 25.6. The third kappa shape index (κ3) is 2.80. The molecule has 0 spiro atoms. The van der Waals surface area contributed by atoms with Crippen molar-refractivity contribution in [2.24, 2.45) is 0 Å². The monoisotopic (exact) mass is 377 g/mol. The highest BCUT2D eigenvalue weighted by molar-refractivity contribution is 5.89. The van der Waals surface area contributed by atoms with Crippen LogP contribution in [0.5, 0.6) is 0 Å². The second-order valence-corrected chi connectivity index (χ2v) is 6.82. The first-order chi connectivity index (χ1) is 13.7. The van der Waals surface area contributed by atoms with E-state index in [1.807, 2.05) is 29.0 Å². The molecule has 0 bridgehead atoms. The van der Waals surface area contributed by atoms with E-state index in [0.29, 0.717) is 36.2 Å². The smallest absolute Gasteiger partial charge is 0.223 e. The first kappa shape index (κ1) is 16.8. The van der Waals surface area contributed by atoms with Gasteiger partial charge in [-0.2, -0.15) is 5.10 Å². The number of hydrogen-bond acceptors (Lipinski definition) is 6. The predicted molar refractivity (Wildman–Crippen MR) is 103 cm³/mol. The summed E-state index contributed by atoms with van der Waals surface area (Å²) in [5.74, 6) is 0.913. The number of carbonyl (C=O) groups is 1. The molecule has 5 heterocycles. The number of nitrogens with zero attached hydrogens (tertiary/aromatic N) is 6. The van der Waals surface area contributed by atoms with Crippen molar-refractivity contribution in [1.29, 1.82) is 0 Å². The number of ether oxygens (including phenoxy) is 1. The van der Waals surface area contributed by atoms with Gasteiger partial charge >= 0.3 is 0 Å². The van der Waals surface area contributed by atoms with E-state index in [2.05, 4.69) is 20.4 Å². The van der Waals surface area contributed by atoms with Crippen molar-refractivity contribution >= 4 is 28.5 Å². The van der Waals surface area contributed by atoms with Gasteiger partial charge in [0.15, 0.2) is 11.5 Å². The Bertz CT molecular complexity index is 1170. The van der Waals surface area contributed by atoms with Crippen LogP contribution in [0.2, 0.25) is 0 Å². The van der Waals surface area contributed by atoms with Crippen molar-refractivity contribution in [3.63, 3.8) is 0 Å². The molecule has 1 aliphatic heterocycles. The first-order valence-corrected chi connectivity index (χ1v) is 9.24. The van der Waals surface area contributed by atoms with Crippen molar-refractivity contribution in [2.45, 2.75) is 25.8 Å². The van der Waals surface area contributed by atoms with Gasteiger partial charge in [-0.1, -0.05) is 6.07 Å². The summed E-state index contributed by atoms with van der Waals surface area (Å²) in [6.07, 6.45) is 7.03. The van der Waals surface area contributed by atoms with Crippen molar-refractivity contribution < 1.29 is 9.53 Å². The number of imidazole rings is 1. The molecule has 4 aromatic heterocycles. The van der Waals surface area contributed by atoms with Gasteiger partial charge in [-0.3, -0.25) is 14.7 Å². The van der Waals surface area contributed by atoms with Gasteiger partial charge in [0, 0.05) is 32.4 Å². The van der Waals surface area contributed by atoms with Gasteiger partial charge in [0.1, 0.15) is 5.52 Å². The average molecular weight is 377 g/mol. The molecular formula is C19H19N7O2. The van der Waals surface area contributed by atoms with E-state index in [1.54, 1.807) is 16.9 Å². The number of aromatic nitrogens is 6. The van der Waals surface area contributed by atoms with Crippen LogP contribution >= 0.6 is 0 Å². The van der Waals surface area contributed by atoms with Crippen LogP contribution in [-0.4, -0.2) is 48.3 Å². The molecule has 0 unspecified atom stereocenters. The number of nitrogens with one attached hydrogen (secondary N) is 1. The molecule has 1 amide bonds.